The third kappa shape index (κ3) is 4.76. The molecule has 120 valence electrons. The predicted molar refractivity (Wildman–Crippen MR) is 84.2 cm³/mol. The van der Waals surface area contributed by atoms with Crippen LogP contribution >= 0.6 is 0 Å². The number of primary amides is 1. The van der Waals surface area contributed by atoms with Gasteiger partial charge in [0, 0.05) is 25.4 Å². The molecule has 1 heterocycles. The first-order valence-electron chi connectivity index (χ1n) is 7.92. The number of phenolic OH excluding ortho intramolecular Hbond substituents is 1. The van der Waals surface area contributed by atoms with Gasteiger partial charge in [-0.1, -0.05) is 12.1 Å². The summed E-state index contributed by atoms with van der Waals surface area (Å²) in [4.78, 5) is 25.3. The van der Waals surface area contributed by atoms with E-state index in [2.05, 4.69) is 0 Å². The zero-order chi connectivity index (χ0) is 15.9. The number of likely N-dealkylation sites (tertiary alicyclic amines) is 1. The van der Waals surface area contributed by atoms with Crippen molar-refractivity contribution in [1.82, 2.24) is 4.90 Å². The highest BCUT2D eigenvalue weighted by atomic mass is 16.3. The first-order chi connectivity index (χ1) is 10.6. The van der Waals surface area contributed by atoms with Gasteiger partial charge >= 0.3 is 0 Å². The van der Waals surface area contributed by atoms with Crippen molar-refractivity contribution >= 4 is 11.8 Å². The molecule has 5 heteroatoms. The molecule has 0 radical (unpaired) electrons. The van der Waals surface area contributed by atoms with E-state index in [4.69, 9.17) is 5.73 Å². The molecular formula is C17H24N2O3. The van der Waals surface area contributed by atoms with Crippen LogP contribution < -0.4 is 5.73 Å². The van der Waals surface area contributed by atoms with Gasteiger partial charge < -0.3 is 15.7 Å². The minimum Gasteiger partial charge on any atom is -0.508 e. The number of amides is 2. The van der Waals surface area contributed by atoms with Crippen molar-refractivity contribution in [2.45, 2.75) is 51.0 Å². The Hall–Kier alpha value is -2.04. The summed E-state index contributed by atoms with van der Waals surface area (Å²) in [5.41, 5.74) is 6.39. The second kappa shape index (κ2) is 7.82. The first-order valence-corrected chi connectivity index (χ1v) is 7.92. The quantitative estimate of drug-likeness (QED) is 0.842. The average Bonchev–Trinajstić information content (AvgIpc) is 2.49. The minimum absolute atomic E-state index is 0.0209. The largest absolute Gasteiger partial charge is 0.508 e. The summed E-state index contributed by atoms with van der Waals surface area (Å²) in [5.74, 6) is 0.0287. The Balaban J connectivity index is 1.82. The second-order valence-electron chi connectivity index (χ2n) is 5.93. The van der Waals surface area contributed by atoms with Crippen LogP contribution in [0.5, 0.6) is 5.75 Å². The standard InChI is InChI=1S/C17H24N2O3/c18-16(21)12-14-5-1-2-11-19(14)17(22)6-3-4-13-7-9-15(20)10-8-13/h7-10,14,20H,1-6,11-12H2,(H2,18,21). The van der Waals surface area contributed by atoms with Gasteiger partial charge in [0.15, 0.2) is 0 Å². The lowest BCUT2D eigenvalue weighted by Crippen LogP contribution is -2.45. The average molecular weight is 304 g/mol. The van der Waals surface area contributed by atoms with Gasteiger partial charge in [-0.05, 0) is 49.8 Å². The van der Waals surface area contributed by atoms with E-state index in [0.29, 0.717) is 6.42 Å². The van der Waals surface area contributed by atoms with Gasteiger partial charge in [-0.25, -0.2) is 0 Å². The number of hydrogen-bond donors (Lipinski definition) is 2. The number of carbonyl (C=O) groups is 2. The Bertz CT molecular complexity index is 513. The van der Waals surface area contributed by atoms with E-state index in [1.54, 1.807) is 12.1 Å². The number of carbonyl (C=O) groups excluding carboxylic acids is 2. The van der Waals surface area contributed by atoms with Gasteiger partial charge in [0.05, 0.1) is 0 Å². The molecule has 1 saturated heterocycles. The highest BCUT2D eigenvalue weighted by Crippen LogP contribution is 2.21. The zero-order valence-electron chi connectivity index (χ0n) is 12.8. The van der Waals surface area contributed by atoms with E-state index in [1.807, 2.05) is 17.0 Å². The molecule has 1 fully saturated rings. The Labute approximate surface area is 131 Å². The van der Waals surface area contributed by atoms with Gasteiger partial charge in [-0.2, -0.15) is 0 Å². The van der Waals surface area contributed by atoms with E-state index in [-0.39, 0.29) is 30.0 Å². The summed E-state index contributed by atoms with van der Waals surface area (Å²) in [6, 6.07) is 7.04. The normalized spacial score (nSPS) is 18.2. The third-order valence-corrected chi connectivity index (χ3v) is 4.18. The number of rotatable bonds is 6. The number of benzene rings is 1. The molecule has 0 spiro atoms. The fourth-order valence-corrected chi connectivity index (χ4v) is 3.02. The number of piperidine rings is 1. The monoisotopic (exact) mass is 304 g/mol. The summed E-state index contributed by atoms with van der Waals surface area (Å²) in [6.07, 6.45) is 5.24. The molecule has 1 aliphatic rings. The van der Waals surface area contributed by atoms with Gasteiger partial charge in [0.1, 0.15) is 5.75 Å². The highest BCUT2D eigenvalue weighted by Gasteiger charge is 2.27. The molecule has 0 aliphatic carbocycles. The number of aromatic hydroxyl groups is 1. The smallest absolute Gasteiger partial charge is 0.222 e. The van der Waals surface area contributed by atoms with Crippen molar-refractivity contribution in [2.24, 2.45) is 5.73 Å². The highest BCUT2D eigenvalue weighted by molar-refractivity contribution is 5.79. The molecular weight excluding hydrogens is 280 g/mol. The first kappa shape index (κ1) is 16.3. The number of phenols is 1. The van der Waals surface area contributed by atoms with Crippen LogP contribution in [-0.2, 0) is 16.0 Å². The minimum atomic E-state index is -0.339. The van der Waals surface area contributed by atoms with E-state index in [1.165, 1.54) is 0 Å². The van der Waals surface area contributed by atoms with Crippen LogP contribution in [0.15, 0.2) is 24.3 Å². The Morgan fingerprint density at radius 3 is 2.64 bits per heavy atom. The van der Waals surface area contributed by atoms with Crippen molar-refractivity contribution in [3.05, 3.63) is 29.8 Å². The second-order valence-corrected chi connectivity index (χ2v) is 5.93. The van der Waals surface area contributed by atoms with Crippen molar-refractivity contribution < 1.29 is 14.7 Å². The fourth-order valence-electron chi connectivity index (χ4n) is 3.02. The molecule has 3 N–H and O–H groups in total. The summed E-state index contributed by atoms with van der Waals surface area (Å²) >= 11 is 0. The molecule has 1 aromatic carbocycles. The number of nitrogens with zero attached hydrogens (tertiary/aromatic N) is 1. The lowest BCUT2D eigenvalue weighted by atomic mass is 9.98. The molecule has 22 heavy (non-hydrogen) atoms. The number of hydrogen-bond acceptors (Lipinski definition) is 3. The molecule has 1 unspecified atom stereocenters. The van der Waals surface area contributed by atoms with Crippen LogP contribution in [0.1, 0.15) is 44.1 Å². The molecule has 2 rings (SSSR count). The van der Waals surface area contributed by atoms with E-state index >= 15 is 0 Å². The maximum Gasteiger partial charge on any atom is 0.222 e. The predicted octanol–water partition coefficient (Wildman–Crippen LogP) is 1.97. The Kier molecular flexibility index (Phi) is 5.81. The molecule has 0 bridgehead atoms. The topological polar surface area (TPSA) is 83.6 Å². The molecule has 0 aromatic heterocycles. The molecule has 2 amide bonds. The van der Waals surface area contributed by atoms with Crippen LogP contribution in [0.4, 0.5) is 0 Å². The van der Waals surface area contributed by atoms with Gasteiger partial charge in [0.2, 0.25) is 11.8 Å². The lowest BCUT2D eigenvalue weighted by Gasteiger charge is -2.35. The van der Waals surface area contributed by atoms with Crippen molar-refractivity contribution in [3.63, 3.8) is 0 Å². The molecule has 1 aliphatic heterocycles. The van der Waals surface area contributed by atoms with Crippen molar-refractivity contribution in [2.75, 3.05) is 6.54 Å². The SMILES string of the molecule is NC(=O)CC1CCCCN1C(=O)CCCc1ccc(O)cc1. The summed E-state index contributed by atoms with van der Waals surface area (Å²) in [7, 11) is 0. The zero-order valence-corrected chi connectivity index (χ0v) is 12.8. The van der Waals surface area contributed by atoms with Crippen molar-refractivity contribution in [3.8, 4) is 5.75 Å². The summed E-state index contributed by atoms with van der Waals surface area (Å²) in [6.45, 7) is 0.732. The molecule has 5 nitrogen and oxygen atoms in total. The van der Waals surface area contributed by atoms with Crippen molar-refractivity contribution in [1.29, 1.82) is 0 Å². The van der Waals surface area contributed by atoms with E-state index in [9.17, 15) is 14.7 Å². The number of nitrogens with two attached hydrogens (primary N) is 1. The van der Waals surface area contributed by atoms with E-state index < -0.39 is 0 Å². The number of aryl methyl sites for hydroxylation is 1. The molecule has 1 atom stereocenters. The van der Waals surface area contributed by atoms with Crippen LogP contribution in [0.3, 0.4) is 0 Å². The van der Waals surface area contributed by atoms with E-state index in [0.717, 1.165) is 44.2 Å². The maximum atomic E-state index is 12.4. The molecule has 0 saturated carbocycles. The van der Waals surface area contributed by atoms with Crippen LogP contribution in [-0.4, -0.2) is 34.4 Å². The maximum absolute atomic E-state index is 12.4. The van der Waals surface area contributed by atoms with Gasteiger partial charge in [-0.15, -0.1) is 0 Å². The fraction of sp³-hybridized carbons (Fsp3) is 0.529. The van der Waals surface area contributed by atoms with Crippen LogP contribution in [0.25, 0.3) is 0 Å². The lowest BCUT2D eigenvalue weighted by molar-refractivity contribution is -0.136. The van der Waals surface area contributed by atoms with Crippen LogP contribution in [0.2, 0.25) is 0 Å². The summed E-state index contributed by atoms with van der Waals surface area (Å²) in [5, 5.41) is 9.24. The van der Waals surface area contributed by atoms with Crippen LogP contribution in [0, 0.1) is 0 Å². The van der Waals surface area contributed by atoms with Gasteiger partial charge in [0.25, 0.3) is 0 Å². The Morgan fingerprint density at radius 1 is 1.23 bits per heavy atom. The Morgan fingerprint density at radius 2 is 1.95 bits per heavy atom. The molecule has 1 aromatic rings. The van der Waals surface area contributed by atoms with Gasteiger partial charge in [-0.3, -0.25) is 9.59 Å². The third-order valence-electron chi connectivity index (χ3n) is 4.18. The summed E-state index contributed by atoms with van der Waals surface area (Å²) < 4.78 is 0.